The fraction of sp³-hybridized carbons (Fsp3) is 0.700. The predicted molar refractivity (Wildman–Crippen MR) is 56.5 cm³/mol. The second kappa shape index (κ2) is 4.21. The van der Waals surface area contributed by atoms with Gasteiger partial charge < -0.3 is 10.0 Å². The van der Waals surface area contributed by atoms with Crippen LogP contribution < -0.4 is 0 Å². The van der Waals surface area contributed by atoms with E-state index >= 15 is 0 Å². The van der Waals surface area contributed by atoms with Crippen LogP contribution in [0.5, 0.6) is 0 Å². The number of likely N-dealkylation sites (tertiary alicyclic amines) is 1. The molecule has 0 spiro atoms. The van der Waals surface area contributed by atoms with Crippen molar-refractivity contribution in [3.63, 3.8) is 0 Å². The number of aromatic nitrogens is 3. The van der Waals surface area contributed by atoms with Gasteiger partial charge in [-0.1, -0.05) is 5.21 Å². The van der Waals surface area contributed by atoms with E-state index < -0.39 is 5.60 Å². The zero-order chi connectivity index (χ0) is 11.6. The molecule has 1 aromatic heterocycles. The maximum atomic E-state index is 11.8. The summed E-state index contributed by atoms with van der Waals surface area (Å²) in [5, 5.41) is 17.2. The average Bonchev–Trinajstić information content (AvgIpc) is 2.70. The van der Waals surface area contributed by atoms with E-state index in [-0.39, 0.29) is 12.5 Å². The molecule has 2 heterocycles. The molecule has 88 valence electrons. The second-order valence-electron chi connectivity index (χ2n) is 4.48. The van der Waals surface area contributed by atoms with Gasteiger partial charge in [-0.3, -0.25) is 4.79 Å². The lowest BCUT2D eigenvalue weighted by Gasteiger charge is -2.35. The quantitative estimate of drug-likeness (QED) is 0.745. The fourth-order valence-electron chi connectivity index (χ4n) is 1.79. The van der Waals surface area contributed by atoms with Crippen molar-refractivity contribution in [2.24, 2.45) is 0 Å². The summed E-state index contributed by atoms with van der Waals surface area (Å²) < 4.78 is 1.51. The van der Waals surface area contributed by atoms with Gasteiger partial charge in [0.15, 0.2) is 0 Å². The lowest BCUT2D eigenvalue weighted by Crippen LogP contribution is -2.46. The predicted octanol–water partition coefficient (Wildman–Crippen LogP) is -0.349. The Hall–Kier alpha value is -1.43. The van der Waals surface area contributed by atoms with Gasteiger partial charge in [0.2, 0.25) is 5.91 Å². The highest BCUT2D eigenvalue weighted by molar-refractivity contribution is 5.76. The van der Waals surface area contributed by atoms with Crippen LogP contribution in [0.4, 0.5) is 0 Å². The first kappa shape index (κ1) is 11.1. The van der Waals surface area contributed by atoms with Crippen molar-refractivity contribution in [2.45, 2.75) is 31.9 Å². The molecule has 0 saturated carbocycles. The van der Waals surface area contributed by atoms with Crippen molar-refractivity contribution in [3.05, 3.63) is 12.4 Å². The highest BCUT2D eigenvalue weighted by Crippen LogP contribution is 2.21. The summed E-state index contributed by atoms with van der Waals surface area (Å²) in [4.78, 5) is 13.6. The van der Waals surface area contributed by atoms with Crippen molar-refractivity contribution >= 4 is 5.91 Å². The zero-order valence-electron chi connectivity index (χ0n) is 9.33. The largest absolute Gasteiger partial charge is 0.390 e. The fourth-order valence-corrected chi connectivity index (χ4v) is 1.79. The molecule has 1 fully saturated rings. The molecule has 1 aliphatic heterocycles. The van der Waals surface area contributed by atoms with Gasteiger partial charge in [0, 0.05) is 19.3 Å². The lowest BCUT2D eigenvalue weighted by atomic mass is 9.94. The smallest absolute Gasteiger partial charge is 0.244 e. The van der Waals surface area contributed by atoms with Crippen LogP contribution in [-0.2, 0) is 11.3 Å². The van der Waals surface area contributed by atoms with Crippen molar-refractivity contribution < 1.29 is 9.90 Å². The number of aliphatic hydroxyl groups is 1. The maximum Gasteiger partial charge on any atom is 0.244 e. The summed E-state index contributed by atoms with van der Waals surface area (Å²) >= 11 is 0. The third-order valence-corrected chi connectivity index (χ3v) is 2.96. The van der Waals surface area contributed by atoms with E-state index in [0.717, 1.165) is 0 Å². The molecule has 1 N–H and O–H groups in total. The molecule has 0 bridgehead atoms. The topological polar surface area (TPSA) is 71.2 Å². The standard InChI is InChI=1S/C10H16N4O2/c1-10(16)2-5-13(6-3-10)9(15)8-14-7-4-11-12-14/h4,7,16H,2-3,5-6,8H2,1H3. The van der Waals surface area contributed by atoms with Crippen molar-refractivity contribution in [1.29, 1.82) is 0 Å². The second-order valence-corrected chi connectivity index (χ2v) is 4.48. The van der Waals surface area contributed by atoms with E-state index in [0.29, 0.717) is 25.9 Å². The van der Waals surface area contributed by atoms with Crippen LogP contribution >= 0.6 is 0 Å². The Labute approximate surface area is 93.9 Å². The highest BCUT2D eigenvalue weighted by atomic mass is 16.3. The maximum absolute atomic E-state index is 11.8. The Balaban J connectivity index is 1.87. The normalized spacial score (nSPS) is 19.8. The summed E-state index contributed by atoms with van der Waals surface area (Å²) in [6, 6.07) is 0. The van der Waals surface area contributed by atoms with Gasteiger partial charge in [-0.25, -0.2) is 4.68 Å². The highest BCUT2D eigenvalue weighted by Gasteiger charge is 2.29. The first-order valence-electron chi connectivity index (χ1n) is 5.41. The van der Waals surface area contributed by atoms with Crippen molar-refractivity contribution in [2.75, 3.05) is 13.1 Å². The van der Waals surface area contributed by atoms with Gasteiger partial charge in [0.25, 0.3) is 0 Å². The number of amides is 1. The molecule has 1 aromatic rings. The van der Waals surface area contributed by atoms with Crippen LogP contribution in [0.2, 0.25) is 0 Å². The minimum absolute atomic E-state index is 0.0287. The van der Waals surface area contributed by atoms with Crippen LogP contribution in [0.25, 0.3) is 0 Å². The summed E-state index contributed by atoms with van der Waals surface area (Å²) in [6.45, 7) is 3.26. The first-order chi connectivity index (χ1) is 7.57. The molecule has 6 nitrogen and oxygen atoms in total. The third kappa shape index (κ3) is 2.57. The Kier molecular flexibility index (Phi) is 2.91. The molecule has 16 heavy (non-hydrogen) atoms. The number of carbonyl (C=O) groups excluding carboxylic acids is 1. The van der Waals surface area contributed by atoms with Crippen LogP contribution in [-0.4, -0.2) is 49.6 Å². The van der Waals surface area contributed by atoms with E-state index in [1.165, 1.54) is 4.68 Å². The summed E-state index contributed by atoms with van der Waals surface area (Å²) in [5.74, 6) is 0.0287. The minimum Gasteiger partial charge on any atom is -0.390 e. The number of nitrogens with zero attached hydrogens (tertiary/aromatic N) is 4. The van der Waals surface area contributed by atoms with E-state index in [1.54, 1.807) is 17.3 Å². The van der Waals surface area contributed by atoms with Crippen LogP contribution in [0.3, 0.4) is 0 Å². The van der Waals surface area contributed by atoms with Crippen LogP contribution in [0.1, 0.15) is 19.8 Å². The number of rotatable bonds is 2. The molecular formula is C10H16N4O2. The van der Waals surface area contributed by atoms with Gasteiger partial charge in [-0.15, -0.1) is 5.10 Å². The Bertz CT molecular complexity index is 351. The third-order valence-electron chi connectivity index (χ3n) is 2.96. The summed E-state index contributed by atoms with van der Waals surface area (Å²) in [5.41, 5.74) is -0.621. The van der Waals surface area contributed by atoms with Gasteiger partial charge in [0.05, 0.1) is 11.8 Å². The van der Waals surface area contributed by atoms with E-state index in [9.17, 15) is 9.90 Å². The minimum atomic E-state index is -0.621. The molecule has 0 aliphatic carbocycles. The zero-order valence-corrected chi connectivity index (χ0v) is 9.33. The molecule has 0 unspecified atom stereocenters. The van der Waals surface area contributed by atoms with Gasteiger partial charge in [-0.05, 0) is 19.8 Å². The number of hydrogen-bond donors (Lipinski definition) is 1. The molecule has 1 aliphatic rings. The van der Waals surface area contributed by atoms with Crippen molar-refractivity contribution in [3.8, 4) is 0 Å². The Morgan fingerprint density at radius 3 is 2.75 bits per heavy atom. The van der Waals surface area contributed by atoms with Crippen LogP contribution in [0, 0.1) is 0 Å². The molecule has 1 amide bonds. The lowest BCUT2D eigenvalue weighted by molar-refractivity contribution is -0.135. The molecule has 0 aromatic carbocycles. The summed E-state index contributed by atoms with van der Waals surface area (Å²) in [6.07, 6.45) is 4.48. The summed E-state index contributed by atoms with van der Waals surface area (Å²) in [7, 11) is 0. The van der Waals surface area contributed by atoms with Gasteiger partial charge in [0.1, 0.15) is 6.54 Å². The first-order valence-corrected chi connectivity index (χ1v) is 5.41. The monoisotopic (exact) mass is 224 g/mol. The number of piperidine rings is 1. The molecule has 2 rings (SSSR count). The van der Waals surface area contributed by atoms with Gasteiger partial charge >= 0.3 is 0 Å². The van der Waals surface area contributed by atoms with Gasteiger partial charge in [-0.2, -0.15) is 0 Å². The Morgan fingerprint density at radius 2 is 2.19 bits per heavy atom. The van der Waals surface area contributed by atoms with E-state index in [1.807, 2.05) is 6.92 Å². The van der Waals surface area contributed by atoms with E-state index in [4.69, 9.17) is 0 Å². The van der Waals surface area contributed by atoms with Crippen molar-refractivity contribution in [1.82, 2.24) is 19.9 Å². The molecule has 0 radical (unpaired) electrons. The molecule has 1 saturated heterocycles. The number of carbonyl (C=O) groups is 1. The Morgan fingerprint density at radius 1 is 1.50 bits per heavy atom. The van der Waals surface area contributed by atoms with E-state index in [2.05, 4.69) is 10.3 Å². The number of hydrogen-bond acceptors (Lipinski definition) is 4. The molecule has 0 atom stereocenters. The SMILES string of the molecule is CC1(O)CCN(C(=O)Cn2ccnn2)CC1. The van der Waals surface area contributed by atoms with Crippen LogP contribution in [0.15, 0.2) is 12.4 Å². The average molecular weight is 224 g/mol. The molecular weight excluding hydrogens is 208 g/mol. The molecule has 6 heteroatoms.